The van der Waals surface area contributed by atoms with Gasteiger partial charge >= 0.3 is 24.3 Å². The number of alkyl halides is 6. The Balaban J connectivity index is 0.000000303. The number of pyridine rings is 1. The van der Waals surface area contributed by atoms with Crippen LogP contribution in [0.2, 0.25) is 0 Å². The molecule has 2 aliphatic rings. The number of carboxylic acid groups (broad SMARTS) is 2. The first-order chi connectivity index (χ1) is 20.2. The Morgan fingerprint density at radius 1 is 0.837 bits per heavy atom. The number of nitrogens with zero attached hydrogens (tertiary/aromatic N) is 5. The predicted octanol–water partition coefficient (Wildman–Crippen LogP) is 5.04. The lowest BCUT2D eigenvalue weighted by Crippen LogP contribution is -2.57. The number of hydrogen-bond donors (Lipinski definition) is 2. The maximum Gasteiger partial charge on any atom is 0.490 e. The molecule has 1 aromatic carbocycles. The van der Waals surface area contributed by atoms with Crippen molar-refractivity contribution in [1.82, 2.24) is 24.3 Å². The normalized spacial score (nSPS) is 16.7. The summed E-state index contributed by atoms with van der Waals surface area (Å²) in [6.07, 6.45) is -3.94. The Labute approximate surface area is 243 Å². The molecule has 15 heteroatoms. The number of carboxylic acids is 2. The number of carbonyl (C=O) groups is 2. The van der Waals surface area contributed by atoms with E-state index >= 15 is 0 Å². The van der Waals surface area contributed by atoms with Crippen LogP contribution in [-0.2, 0) is 28.2 Å². The lowest BCUT2D eigenvalue weighted by Gasteiger charge is -2.50. The zero-order valence-corrected chi connectivity index (χ0v) is 23.1. The summed E-state index contributed by atoms with van der Waals surface area (Å²) in [6.45, 7) is 8.59. The summed E-state index contributed by atoms with van der Waals surface area (Å²) >= 11 is 0. The average molecular weight is 616 g/mol. The monoisotopic (exact) mass is 615 g/mol. The Morgan fingerprint density at radius 2 is 1.40 bits per heavy atom. The summed E-state index contributed by atoms with van der Waals surface area (Å²) in [6, 6.07) is 16.9. The Bertz CT molecular complexity index is 1320. The molecule has 0 bridgehead atoms. The van der Waals surface area contributed by atoms with E-state index in [0.29, 0.717) is 0 Å². The zero-order chi connectivity index (χ0) is 31.8. The third-order valence-corrected chi connectivity index (χ3v) is 7.20. The van der Waals surface area contributed by atoms with Crippen LogP contribution in [-0.4, -0.2) is 85.0 Å². The van der Waals surface area contributed by atoms with Gasteiger partial charge in [0.25, 0.3) is 0 Å². The van der Waals surface area contributed by atoms with Gasteiger partial charge in [-0.15, -0.1) is 0 Å². The van der Waals surface area contributed by atoms with E-state index in [4.69, 9.17) is 24.8 Å². The van der Waals surface area contributed by atoms with Crippen molar-refractivity contribution in [2.45, 2.75) is 50.7 Å². The van der Waals surface area contributed by atoms with Gasteiger partial charge in [0, 0.05) is 38.9 Å². The third-order valence-electron chi connectivity index (χ3n) is 7.20. The number of likely N-dealkylation sites (N-methyl/N-ethyl adjacent to an activating group) is 1. The van der Waals surface area contributed by atoms with Gasteiger partial charge in [-0.25, -0.2) is 14.6 Å². The molecule has 2 aliphatic heterocycles. The highest BCUT2D eigenvalue weighted by molar-refractivity contribution is 5.73. The van der Waals surface area contributed by atoms with Gasteiger partial charge in [-0.1, -0.05) is 43.3 Å². The van der Waals surface area contributed by atoms with Gasteiger partial charge in [-0.3, -0.25) is 14.8 Å². The molecule has 1 fully saturated rings. The quantitative estimate of drug-likeness (QED) is 0.393. The van der Waals surface area contributed by atoms with E-state index in [9.17, 15) is 26.3 Å². The highest BCUT2D eigenvalue weighted by atomic mass is 19.4. The Morgan fingerprint density at radius 3 is 1.88 bits per heavy atom. The van der Waals surface area contributed by atoms with Crippen molar-refractivity contribution in [2.24, 2.45) is 0 Å². The van der Waals surface area contributed by atoms with E-state index in [1.54, 1.807) is 0 Å². The molecule has 9 nitrogen and oxygen atoms in total. The van der Waals surface area contributed by atoms with Gasteiger partial charge in [0.2, 0.25) is 0 Å². The van der Waals surface area contributed by atoms with Gasteiger partial charge in [-0.2, -0.15) is 26.3 Å². The number of halogens is 6. The first-order valence-electron chi connectivity index (χ1n) is 13.3. The Kier molecular flexibility index (Phi) is 10.9. The molecule has 4 heterocycles. The smallest absolute Gasteiger partial charge is 0.475 e. The molecule has 5 rings (SSSR count). The zero-order valence-electron chi connectivity index (χ0n) is 23.1. The molecule has 0 amide bonds. The van der Waals surface area contributed by atoms with Crippen LogP contribution in [0.15, 0.2) is 60.9 Å². The van der Waals surface area contributed by atoms with Crippen molar-refractivity contribution in [3.63, 3.8) is 0 Å². The van der Waals surface area contributed by atoms with Crippen molar-refractivity contribution in [3.05, 3.63) is 72.4 Å². The maximum atomic E-state index is 10.6. The van der Waals surface area contributed by atoms with Crippen molar-refractivity contribution >= 4 is 11.9 Å². The molecule has 0 radical (unpaired) electrons. The molecular weight excluding hydrogens is 584 g/mol. The fraction of sp³-hybridized carbons (Fsp3) is 0.429. The molecule has 1 saturated heterocycles. The van der Waals surface area contributed by atoms with Gasteiger partial charge in [0.05, 0.1) is 23.1 Å². The predicted molar refractivity (Wildman–Crippen MR) is 143 cm³/mol. The van der Waals surface area contributed by atoms with Crippen LogP contribution in [0.3, 0.4) is 0 Å². The number of benzene rings is 1. The highest BCUT2D eigenvalue weighted by Gasteiger charge is 2.46. The van der Waals surface area contributed by atoms with E-state index in [1.165, 1.54) is 17.1 Å². The molecule has 2 aromatic heterocycles. The third kappa shape index (κ3) is 8.54. The number of imidazole rings is 1. The molecule has 1 spiro atoms. The molecule has 0 saturated carbocycles. The SMILES string of the molecule is CCN1CCn2c(-c3ccccc3)cnc2C12CCN(Cc1ccccn1)CC2.O=C(O)C(F)(F)F.O=C(O)C(F)(F)F. The summed E-state index contributed by atoms with van der Waals surface area (Å²) in [5.74, 6) is -4.25. The molecule has 234 valence electrons. The number of aromatic nitrogens is 3. The van der Waals surface area contributed by atoms with Crippen molar-refractivity contribution < 1.29 is 46.1 Å². The van der Waals surface area contributed by atoms with E-state index in [1.807, 2.05) is 12.3 Å². The number of aliphatic carboxylic acids is 2. The van der Waals surface area contributed by atoms with Gasteiger partial charge in [0.15, 0.2) is 0 Å². The molecule has 3 aromatic rings. The first kappa shape index (κ1) is 33.5. The molecule has 0 aliphatic carbocycles. The minimum absolute atomic E-state index is 0.0562. The van der Waals surface area contributed by atoms with E-state index in [-0.39, 0.29) is 5.54 Å². The van der Waals surface area contributed by atoms with Crippen LogP contribution in [0.25, 0.3) is 11.3 Å². The maximum absolute atomic E-state index is 10.6. The molecule has 0 unspecified atom stereocenters. The fourth-order valence-corrected chi connectivity index (χ4v) is 5.19. The second-order valence-electron chi connectivity index (χ2n) is 9.80. The lowest BCUT2D eigenvalue weighted by atomic mass is 9.83. The number of likely N-dealkylation sites (tertiary alicyclic amines) is 1. The summed E-state index contributed by atoms with van der Waals surface area (Å²) in [7, 11) is 0. The van der Waals surface area contributed by atoms with Gasteiger partial charge in [-0.05, 0) is 37.1 Å². The number of piperidine rings is 1. The van der Waals surface area contributed by atoms with Gasteiger partial charge < -0.3 is 14.8 Å². The fourth-order valence-electron chi connectivity index (χ4n) is 5.19. The van der Waals surface area contributed by atoms with E-state index < -0.39 is 24.3 Å². The largest absolute Gasteiger partial charge is 0.490 e. The van der Waals surface area contributed by atoms with Crippen LogP contribution in [0.1, 0.15) is 31.3 Å². The van der Waals surface area contributed by atoms with Crippen molar-refractivity contribution in [3.8, 4) is 11.3 Å². The van der Waals surface area contributed by atoms with Crippen LogP contribution in [0, 0.1) is 0 Å². The van der Waals surface area contributed by atoms with Crippen LogP contribution in [0.4, 0.5) is 26.3 Å². The summed E-state index contributed by atoms with van der Waals surface area (Å²) in [4.78, 5) is 32.5. The lowest BCUT2D eigenvalue weighted by molar-refractivity contribution is -0.193. The number of fused-ring (bicyclic) bond motifs is 2. The topological polar surface area (TPSA) is 112 Å². The number of rotatable bonds is 4. The minimum atomic E-state index is -5.08. The Hall–Kier alpha value is -3.98. The van der Waals surface area contributed by atoms with Crippen LogP contribution >= 0.6 is 0 Å². The van der Waals surface area contributed by atoms with Gasteiger partial charge in [0.1, 0.15) is 5.82 Å². The van der Waals surface area contributed by atoms with Crippen molar-refractivity contribution in [1.29, 1.82) is 0 Å². The van der Waals surface area contributed by atoms with Crippen LogP contribution < -0.4 is 0 Å². The summed E-state index contributed by atoms with van der Waals surface area (Å²) in [5.41, 5.74) is 3.73. The molecule has 43 heavy (non-hydrogen) atoms. The van der Waals surface area contributed by atoms with E-state index in [0.717, 1.165) is 57.8 Å². The van der Waals surface area contributed by atoms with E-state index in [2.05, 4.69) is 74.9 Å². The molecular formula is C28H31F6N5O4. The first-order valence-corrected chi connectivity index (χ1v) is 13.3. The minimum Gasteiger partial charge on any atom is -0.475 e. The second-order valence-corrected chi connectivity index (χ2v) is 9.80. The standard InChI is InChI=1S/C24H29N5.2C2HF3O2/c1-2-28-16-17-29-22(20-8-4-3-5-9-20)18-26-23(29)24(28)11-14-27(15-12-24)19-21-10-6-7-13-25-21;2*3-2(4,5)1(6)7/h3-10,13,18H,2,11-12,14-17,19H2,1H3;2*(H,6,7). The highest BCUT2D eigenvalue weighted by Crippen LogP contribution is 2.42. The van der Waals surface area contributed by atoms with Crippen molar-refractivity contribution in [2.75, 3.05) is 26.2 Å². The molecule has 2 N–H and O–H groups in total. The second kappa shape index (κ2) is 14.0. The average Bonchev–Trinajstić information content (AvgIpc) is 3.41. The van der Waals surface area contributed by atoms with Crippen LogP contribution in [0.5, 0.6) is 0 Å². The number of hydrogen-bond acceptors (Lipinski definition) is 6. The summed E-state index contributed by atoms with van der Waals surface area (Å²) in [5, 5.41) is 14.2. The molecule has 0 atom stereocenters. The summed E-state index contributed by atoms with van der Waals surface area (Å²) < 4.78 is 66.0.